The molecule has 23 heavy (non-hydrogen) atoms. The summed E-state index contributed by atoms with van der Waals surface area (Å²) in [5, 5.41) is 2.45. The highest BCUT2D eigenvalue weighted by molar-refractivity contribution is 5.86. The van der Waals surface area contributed by atoms with Gasteiger partial charge in [0.25, 0.3) is 0 Å². The van der Waals surface area contributed by atoms with E-state index in [0.29, 0.717) is 5.92 Å². The van der Waals surface area contributed by atoms with E-state index in [2.05, 4.69) is 36.5 Å². The number of primary amides is 1. The predicted molar refractivity (Wildman–Crippen MR) is 91.0 cm³/mol. The maximum Gasteiger partial charge on any atom is 0.312 e. The van der Waals surface area contributed by atoms with Crippen LogP contribution in [0.5, 0.6) is 0 Å². The Morgan fingerprint density at radius 3 is 2.43 bits per heavy atom. The van der Waals surface area contributed by atoms with Gasteiger partial charge in [-0.3, -0.25) is 4.79 Å². The fourth-order valence-corrected chi connectivity index (χ4v) is 3.12. The van der Waals surface area contributed by atoms with Crippen LogP contribution in [0.3, 0.4) is 0 Å². The van der Waals surface area contributed by atoms with Crippen molar-refractivity contribution in [2.45, 2.75) is 45.6 Å². The van der Waals surface area contributed by atoms with Crippen LogP contribution in [-0.2, 0) is 11.2 Å². The number of aryl methyl sites for hydroxylation is 2. The lowest BCUT2D eigenvalue weighted by Crippen LogP contribution is -2.50. The van der Waals surface area contributed by atoms with Crippen LogP contribution in [0.25, 0.3) is 0 Å². The van der Waals surface area contributed by atoms with E-state index < -0.39 is 12.1 Å². The summed E-state index contributed by atoms with van der Waals surface area (Å²) in [7, 11) is 0. The van der Waals surface area contributed by atoms with Crippen molar-refractivity contribution in [1.29, 1.82) is 0 Å². The van der Waals surface area contributed by atoms with Crippen LogP contribution in [0.1, 0.15) is 37.3 Å². The Kier molecular flexibility index (Phi) is 6.02. The summed E-state index contributed by atoms with van der Waals surface area (Å²) in [5.41, 5.74) is 7.74. The van der Waals surface area contributed by atoms with Crippen LogP contribution in [0, 0.1) is 12.8 Å². The van der Waals surface area contributed by atoms with Gasteiger partial charge in [-0.15, -0.1) is 0 Å². The number of nitrogens with two attached hydrogens (primary N) is 1. The van der Waals surface area contributed by atoms with Gasteiger partial charge >= 0.3 is 6.03 Å². The zero-order valence-corrected chi connectivity index (χ0v) is 14.0. The van der Waals surface area contributed by atoms with Gasteiger partial charge in [0, 0.05) is 13.1 Å². The quantitative estimate of drug-likeness (QED) is 0.874. The normalized spacial score (nSPS) is 16.9. The van der Waals surface area contributed by atoms with Crippen molar-refractivity contribution < 1.29 is 9.59 Å². The van der Waals surface area contributed by atoms with Gasteiger partial charge in [0.05, 0.1) is 0 Å². The van der Waals surface area contributed by atoms with Crippen LogP contribution < -0.4 is 11.1 Å². The first-order valence-electron chi connectivity index (χ1n) is 8.36. The Morgan fingerprint density at radius 2 is 1.87 bits per heavy atom. The van der Waals surface area contributed by atoms with Crippen LogP contribution in [0.2, 0.25) is 0 Å². The highest BCUT2D eigenvalue weighted by Crippen LogP contribution is 2.23. The Labute approximate surface area is 138 Å². The van der Waals surface area contributed by atoms with Gasteiger partial charge in [0.2, 0.25) is 5.91 Å². The number of carbonyl (C=O) groups is 2. The van der Waals surface area contributed by atoms with Gasteiger partial charge in [0.1, 0.15) is 6.04 Å². The predicted octanol–water partition coefficient (Wildman–Crippen LogP) is 2.22. The molecule has 0 unspecified atom stereocenters. The van der Waals surface area contributed by atoms with Gasteiger partial charge < -0.3 is 16.0 Å². The number of rotatable bonds is 5. The summed E-state index contributed by atoms with van der Waals surface area (Å²) in [6, 6.07) is 7.51. The summed E-state index contributed by atoms with van der Waals surface area (Å²) < 4.78 is 0. The number of urea groups is 1. The second-order valence-electron chi connectivity index (χ2n) is 6.52. The van der Waals surface area contributed by atoms with E-state index in [4.69, 9.17) is 5.73 Å². The zero-order chi connectivity index (χ0) is 16.8. The zero-order valence-electron chi connectivity index (χ0n) is 14.0. The van der Waals surface area contributed by atoms with Crippen molar-refractivity contribution in [1.82, 2.24) is 10.2 Å². The molecule has 0 aliphatic carbocycles. The first-order valence-corrected chi connectivity index (χ1v) is 8.36. The third-order valence-electron chi connectivity index (χ3n) is 4.62. The molecule has 1 aromatic rings. The smallest absolute Gasteiger partial charge is 0.312 e. The van der Waals surface area contributed by atoms with E-state index in [-0.39, 0.29) is 5.91 Å². The maximum atomic E-state index is 12.2. The minimum Gasteiger partial charge on any atom is -0.352 e. The topological polar surface area (TPSA) is 75.4 Å². The van der Waals surface area contributed by atoms with Crippen molar-refractivity contribution >= 4 is 11.9 Å². The van der Waals surface area contributed by atoms with Gasteiger partial charge in [-0.25, -0.2) is 4.79 Å². The molecule has 1 atom stereocenters. The van der Waals surface area contributed by atoms with Crippen LogP contribution in [0.15, 0.2) is 24.3 Å². The molecule has 1 aliphatic rings. The van der Waals surface area contributed by atoms with Gasteiger partial charge in [-0.1, -0.05) is 29.8 Å². The molecule has 1 heterocycles. The first-order chi connectivity index (χ1) is 11.0. The Hall–Kier alpha value is -2.04. The van der Waals surface area contributed by atoms with Crippen molar-refractivity contribution in [2.75, 3.05) is 13.1 Å². The molecule has 0 saturated carbocycles. The molecule has 5 heteroatoms. The average molecular weight is 317 g/mol. The number of likely N-dealkylation sites (tertiary alicyclic amines) is 1. The second-order valence-corrected chi connectivity index (χ2v) is 6.52. The number of piperidine rings is 1. The Bertz CT molecular complexity index is 534. The number of amides is 3. The Morgan fingerprint density at radius 1 is 1.26 bits per heavy atom. The fraction of sp³-hybridized carbons (Fsp3) is 0.556. The fourth-order valence-electron chi connectivity index (χ4n) is 3.12. The van der Waals surface area contributed by atoms with Crippen molar-refractivity contribution in [3.8, 4) is 0 Å². The summed E-state index contributed by atoms with van der Waals surface area (Å²) >= 11 is 0. The number of benzene rings is 1. The lowest BCUT2D eigenvalue weighted by Gasteiger charge is -2.33. The van der Waals surface area contributed by atoms with E-state index in [9.17, 15) is 9.59 Å². The molecule has 1 fully saturated rings. The molecule has 5 nitrogen and oxygen atoms in total. The van der Waals surface area contributed by atoms with Crippen molar-refractivity contribution in [3.05, 3.63) is 35.4 Å². The molecule has 2 rings (SSSR count). The molecule has 0 aromatic heterocycles. The molecule has 126 valence electrons. The molecule has 0 bridgehead atoms. The molecule has 0 radical (unpaired) electrons. The SMILES string of the molecule is Cc1ccc(CCC2CCN(C(=O)[C@H](C)NC(N)=O)CC2)cc1. The van der Waals surface area contributed by atoms with E-state index in [1.807, 2.05) is 4.90 Å². The largest absolute Gasteiger partial charge is 0.352 e. The van der Waals surface area contributed by atoms with Gasteiger partial charge in [0.15, 0.2) is 0 Å². The lowest BCUT2D eigenvalue weighted by molar-refractivity contribution is -0.134. The first kappa shape index (κ1) is 17.3. The third-order valence-corrected chi connectivity index (χ3v) is 4.62. The maximum absolute atomic E-state index is 12.2. The van der Waals surface area contributed by atoms with E-state index >= 15 is 0 Å². The molecular formula is C18H27N3O2. The molecule has 0 spiro atoms. The second kappa shape index (κ2) is 7.99. The minimum atomic E-state index is -0.654. The van der Waals surface area contributed by atoms with E-state index in [0.717, 1.165) is 32.4 Å². The van der Waals surface area contributed by atoms with Gasteiger partial charge in [-0.2, -0.15) is 0 Å². The molecule has 1 aliphatic heterocycles. The summed E-state index contributed by atoms with van der Waals surface area (Å²) in [6.07, 6.45) is 4.32. The Balaban J connectivity index is 1.74. The standard InChI is InChI=1S/C18H27N3O2/c1-13-3-5-15(6-4-13)7-8-16-9-11-21(12-10-16)17(22)14(2)20-18(19)23/h3-6,14,16H,7-12H2,1-2H3,(H3,19,20,23)/t14-/m0/s1. The minimum absolute atomic E-state index is 0.0409. The molecule has 1 saturated heterocycles. The number of hydrogen-bond acceptors (Lipinski definition) is 2. The highest BCUT2D eigenvalue weighted by Gasteiger charge is 2.26. The summed E-state index contributed by atoms with van der Waals surface area (Å²) in [5.74, 6) is 0.626. The number of nitrogens with zero attached hydrogens (tertiary/aromatic N) is 1. The molecule has 3 amide bonds. The molecule has 1 aromatic carbocycles. The monoisotopic (exact) mass is 317 g/mol. The highest BCUT2D eigenvalue weighted by atomic mass is 16.2. The van der Waals surface area contributed by atoms with E-state index in [1.165, 1.54) is 17.5 Å². The number of carbonyl (C=O) groups excluding carboxylic acids is 2. The van der Waals surface area contributed by atoms with Crippen LogP contribution in [0.4, 0.5) is 4.79 Å². The summed E-state index contributed by atoms with van der Waals surface area (Å²) in [6.45, 7) is 5.31. The molecular weight excluding hydrogens is 290 g/mol. The lowest BCUT2D eigenvalue weighted by atomic mass is 9.90. The summed E-state index contributed by atoms with van der Waals surface area (Å²) in [4.78, 5) is 24.9. The third kappa shape index (κ3) is 5.27. The van der Waals surface area contributed by atoms with Gasteiger partial charge in [-0.05, 0) is 51.0 Å². The van der Waals surface area contributed by atoms with Crippen molar-refractivity contribution in [2.24, 2.45) is 11.7 Å². The van der Waals surface area contributed by atoms with Crippen molar-refractivity contribution in [3.63, 3.8) is 0 Å². The van der Waals surface area contributed by atoms with Crippen LogP contribution >= 0.6 is 0 Å². The molecule has 3 N–H and O–H groups in total. The average Bonchev–Trinajstić information content (AvgIpc) is 2.53. The van der Waals surface area contributed by atoms with Crippen LogP contribution in [-0.4, -0.2) is 36.0 Å². The van der Waals surface area contributed by atoms with E-state index in [1.54, 1.807) is 6.92 Å². The number of hydrogen-bond donors (Lipinski definition) is 2. The number of nitrogens with one attached hydrogen (secondary N) is 1.